The summed E-state index contributed by atoms with van der Waals surface area (Å²) in [6.45, 7) is 1.97. The lowest BCUT2D eigenvalue weighted by Crippen LogP contribution is -2.00. The summed E-state index contributed by atoms with van der Waals surface area (Å²) in [5.74, 6) is 0.788. The monoisotopic (exact) mass is 283 g/mol. The van der Waals surface area contributed by atoms with Crippen molar-refractivity contribution >= 4 is 23.2 Å². The van der Waals surface area contributed by atoms with Crippen molar-refractivity contribution in [2.75, 3.05) is 5.32 Å². The van der Waals surface area contributed by atoms with Crippen LogP contribution < -0.4 is 5.32 Å². The number of aromatic nitrogens is 2. The highest BCUT2D eigenvalue weighted by atomic mass is 35.5. The van der Waals surface area contributed by atoms with Gasteiger partial charge in [-0.2, -0.15) is 0 Å². The Kier molecular flexibility index (Phi) is 3.44. The van der Waals surface area contributed by atoms with E-state index in [0.29, 0.717) is 0 Å². The molecule has 0 aliphatic carbocycles. The van der Waals surface area contributed by atoms with E-state index in [0.717, 1.165) is 28.0 Å². The zero-order valence-electron chi connectivity index (χ0n) is 11.0. The van der Waals surface area contributed by atoms with E-state index in [4.69, 9.17) is 11.6 Å². The second-order valence-corrected chi connectivity index (χ2v) is 4.98. The van der Waals surface area contributed by atoms with Crippen LogP contribution in [0.4, 0.5) is 11.6 Å². The Balaban J connectivity index is 1.98. The number of imidazole rings is 1. The van der Waals surface area contributed by atoms with Gasteiger partial charge in [-0.25, -0.2) is 4.98 Å². The Labute approximate surface area is 122 Å². The van der Waals surface area contributed by atoms with Gasteiger partial charge < -0.3 is 5.32 Å². The summed E-state index contributed by atoms with van der Waals surface area (Å²) in [5.41, 5.74) is 2.99. The van der Waals surface area contributed by atoms with Gasteiger partial charge in [0.1, 0.15) is 0 Å². The van der Waals surface area contributed by atoms with Gasteiger partial charge in [-0.3, -0.25) is 4.57 Å². The Bertz CT molecular complexity index is 702. The molecule has 3 nitrogen and oxygen atoms in total. The maximum Gasteiger partial charge on any atom is 0.212 e. The highest BCUT2D eigenvalue weighted by Crippen LogP contribution is 2.21. The van der Waals surface area contributed by atoms with Crippen LogP contribution in [0.25, 0.3) is 5.69 Å². The topological polar surface area (TPSA) is 29.9 Å². The molecule has 0 aliphatic heterocycles. The predicted molar refractivity (Wildman–Crippen MR) is 83.0 cm³/mol. The minimum atomic E-state index is 0.725. The lowest BCUT2D eigenvalue weighted by atomic mass is 10.3. The number of nitrogens with zero attached hydrogens (tertiary/aromatic N) is 2. The van der Waals surface area contributed by atoms with Crippen molar-refractivity contribution in [3.63, 3.8) is 0 Å². The maximum atomic E-state index is 5.93. The number of hydrogen-bond acceptors (Lipinski definition) is 2. The molecule has 0 unspecified atom stereocenters. The molecule has 20 heavy (non-hydrogen) atoms. The molecule has 100 valence electrons. The van der Waals surface area contributed by atoms with Gasteiger partial charge in [0, 0.05) is 22.6 Å². The van der Waals surface area contributed by atoms with Crippen LogP contribution >= 0.6 is 11.6 Å². The van der Waals surface area contributed by atoms with Gasteiger partial charge in [0.2, 0.25) is 5.95 Å². The quantitative estimate of drug-likeness (QED) is 0.762. The first-order valence-electron chi connectivity index (χ1n) is 6.36. The van der Waals surface area contributed by atoms with Crippen LogP contribution in [-0.4, -0.2) is 9.55 Å². The van der Waals surface area contributed by atoms with E-state index in [1.54, 1.807) is 0 Å². The molecule has 3 aromatic rings. The molecule has 0 atom stereocenters. The lowest BCUT2D eigenvalue weighted by molar-refractivity contribution is 1.06. The molecule has 0 saturated carbocycles. The number of hydrogen-bond donors (Lipinski definition) is 1. The van der Waals surface area contributed by atoms with Crippen molar-refractivity contribution in [3.8, 4) is 5.69 Å². The van der Waals surface area contributed by atoms with Crippen LogP contribution in [0.5, 0.6) is 0 Å². The molecule has 0 amide bonds. The van der Waals surface area contributed by atoms with Crippen LogP contribution in [0.2, 0.25) is 5.02 Å². The second kappa shape index (κ2) is 5.39. The molecule has 0 fully saturated rings. The summed E-state index contributed by atoms with van der Waals surface area (Å²) in [6.07, 6.45) is 1.99. The second-order valence-electron chi connectivity index (χ2n) is 4.54. The van der Waals surface area contributed by atoms with E-state index in [1.165, 1.54) is 0 Å². The number of benzene rings is 2. The highest BCUT2D eigenvalue weighted by Gasteiger charge is 2.07. The molecule has 0 bridgehead atoms. The lowest BCUT2D eigenvalue weighted by Gasteiger charge is -2.09. The molecule has 1 aromatic heterocycles. The SMILES string of the molecule is Cc1cn(-c2ccc(Cl)cc2)c(Nc2ccccc2)n1. The first-order valence-corrected chi connectivity index (χ1v) is 6.74. The summed E-state index contributed by atoms with van der Waals surface area (Å²) >= 11 is 5.93. The first kappa shape index (κ1) is 12.8. The number of aryl methyl sites for hydroxylation is 1. The van der Waals surface area contributed by atoms with Crippen molar-refractivity contribution in [2.45, 2.75) is 6.92 Å². The zero-order chi connectivity index (χ0) is 13.9. The third-order valence-electron chi connectivity index (χ3n) is 2.96. The molecule has 0 spiro atoms. The third kappa shape index (κ3) is 2.68. The van der Waals surface area contributed by atoms with Gasteiger partial charge in [-0.15, -0.1) is 0 Å². The van der Waals surface area contributed by atoms with E-state index in [1.807, 2.05) is 72.3 Å². The van der Waals surface area contributed by atoms with E-state index in [-0.39, 0.29) is 0 Å². The van der Waals surface area contributed by atoms with Gasteiger partial charge in [0.05, 0.1) is 5.69 Å². The Morgan fingerprint density at radius 3 is 2.40 bits per heavy atom. The predicted octanol–water partition coefficient (Wildman–Crippen LogP) is 4.58. The fraction of sp³-hybridized carbons (Fsp3) is 0.0625. The molecule has 1 heterocycles. The fourth-order valence-electron chi connectivity index (χ4n) is 2.04. The third-order valence-corrected chi connectivity index (χ3v) is 3.21. The maximum absolute atomic E-state index is 5.93. The smallest absolute Gasteiger partial charge is 0.212 e. The van der Waals surface area contributed by atoms with Gasteiger partial charge in [-0.1, -0.05) is 29.8 Å². The molecule has 0 radical (unpaired) electrons. The standard InChI is InChI=1S/C16H14ClN3/c1-12-11-20(15-9-7-13(17)8-10-15)16(18-12)19-14-5-3-2-4-6-14/h2-11H,1H3,(H,18,19). The van der Waals surface area contributed by atoms with Crippen molar-refractivity contribution in [1.82, 2.24) is 9.55 Å². The van der Waals surface area contributed by atoms with Crippen LogP contribution in [0, 0.1) is 6.92 Å². The van der Waals surface area contributed by atoms with Crippen molar-refractivity contribution in [1.29, 1.82) is 0 Å². The van der Waals surface area contributed by atoms with Gasteiger partial charge in [-0.05, 0) is 43.3 Å². The average Bonchev–Trinajstić information content (AvgIpc) is 2.81. The summed E-state index contributed by atoms with van der Waals surface area (Å²) in [5, 5.41) is 4.05. The molecular formula is C16H14ClN3. The Morgan fingerprint density at radius 1 is 1.00 bits per heavy atom. The van der Waals surface area contributed by atoms with E-state index in [2.05, 4.69) is 10.3 Å². The van der Waals surface area contributed by atoms with Gasteiger partial charge in [0.25, 0.3) is 0 Å². The molecule has 4 heteroatoms. The number of nitrogens with one attached hydrogen (secondary N) is 1. The summed E-state index contributed by atoms with van der Waals surface area (Å²) in [7, 11) is 0. The van der Waals surface area contributed by atoms with Crippen molar-refractivity contribution in [2.24, 2.45) is 0 Å². The van der Waals surface area contributed by atoms with Crippen molar-refractivity contribution in [3.05, 3.63) is 71.5 Å². The van der Waals surface area contributed by atoms with Gasteiger partial charge >= 0.3 is 0 Å². The van der Waals surface area contributed by atoms with E-state index < -0.39 is 0 Å². The number of para-hydroxylation sites is 1. The minimum absolute atomic E-state index is 0.725. The molecular weight excluding hydrogens is 270 g/mol. The average molecular weight is 284 g/mol. The number of halogens is 1. The van der Waals surface area contributed by atoms with Crippen LogP contribution in [0.15, 0.2) is 60.8 Å². The highest BCUT2D eigenvalue weighted by molar-refractivity contribution is 6.30. The molecule has 3 rings (SSSR count). The fourth-order valence-corrected chi connectivity index (χ4v) is 2.16. The van der Waals surface area contributed by atoms with Crippen LogP contribution in [0.3, 0.4) is 0 Å². The molecule has 0 aliphatic rings. The Morgan fingerprint density at radius 2 is 1.70 bits per heavy atom. The van der Waals surface area contributed by atoms with Crippen molar-refractivity contribution < 1.29 is 0 Å². The van der Waals surface area contributed by atoms with Gasteiger partial charge in [0.15, 0.2) is 0 Å². The van der Waals surface area contributed by atoms with E-state index >= 15 is 0 Å². The summed E-state index contributed by atoms with van der Waals surface area (Å²) in [4.78, 5) is 4.52. The minimum Gasteiger partial charge on any atom is -0.325 e. The molecule has 1 N–H and O–H groups in total. The summed E-state index contributed by atoms with van der Waals surface area (Å²) < 4.78 is 2.01. The summed E-state index contributed by atoms with van der Waals surface area (Å²) in [6, 6.07) is 17.7. The number of rotatable bonds is 3. The Hall–Kier alpha value is -2.26. The first-order chi connectivity index (χ1) is 9.72. The van der Waals surface area contributed by atoms with Crippen LogP contribution in [-0.2, 0) is 0 Å². The molecule has 0 saturated heterocycles. The molecule has 2 aromatic carbocycles. The van der Waals surface area contributed by atoms with Crippen LogP contribution in [0.1, 0.15) is 5.69 Å². The largest absolute Gasteiger partial charge is 0.325 e. The normalized spacial score (nSPS) is 10.5. The number of anilines is 2. The van der Waals surface area contributed by atoms with E-state index in [9.17, 15) is 0 Å². The zero-order valence-corrected chi connectivity index (χ0v) is 11.8.